The number of hydrogen-bond acceptors (Lipinski definition) is 3. The smallest absolute Gasteiger partial charge is 0.331 e. The van der Waals surface area contributed by atoms with Crippen LogP contribution in [0.15, 0.2) is 11.6 Å². The second kappa shape index (κ2) is 8.39. The van der Waals surface area contributed by atoms with Crippen molar-refractivity contribution in [3.63, 3.8) is 0 Å². The van der Waals surface area contributed by atoms with Gasteiger partial charge in [-0.15, -0.1) is 12.4 Å². The second-order valence-electron chi connectivity index (χ2n) is 6.68. The van der Waals surface area contributed by atoms with Gasteiger partial charge in [0, 0.05) is 12.6 Å². The van der Waals surface area contributed by atoms with Crippen LogP contribution < -0.4 is 5.73 Å². The third kappa shape index (κ3) is 6.48. The van der Waals surface area contributed by atoms with Gasteiger partial charge in [0.05, 0.1) is 12.1 Å². The molecule has 0 aliphatic heterocycles. The topological polar surface area (TPSA) is 83.6 Å². The summed E-state index contributed by atoms with van der Waals surface area (Å²) in [6, 6.07) is -0.903. The van der Waals surface area contributed by atoms with Gasteiger partial charge < -0.3 is 15.7 Å². The van der Waals surface area contributed by atoms with Gasteiger partial charge in [-0.1, -0.05) is 40.7 Å². The zero-order valence-corrected chi connectivity index (χ0v) is 14.8. The lowest BCUT2D eigenvalue weighted by molar-refractivity contribution is -0.136. The van der Waals surface area contributed by atoms with E-state index in [1.807, 2.05) is 34.6 Å². The van der Waals surface area contributed by atoms with E-state index in [4.69, 9.17) is 10.8 Å². The molecule has 21 heavy (non-hydrogen) atoms. The first-order chi connectivity index (χ1) is 8.89. The Balaban J connectivity index is 0. The van der Waals surface area contributed by atoms with E-state index in [0.29, 0.717) is 0 Å². The summed E-state index contributed by atoms with van der Waals surface area (Å²) in [6.07, 6.45) is 1.61. The molecular weight excluding hydrogens is 292 g/mol. The van der Waals surface area contributed by atoms with Gasteiger partial charge in [-0.05, 0) is 18.3 Å². The van der Waals surface area contributed by atoms with Crippen molar-refractivity contribution in [3.05, 3.63) is 11.6 Å². The number of halogens is 1. The van der Waals surface area contributed by atoms with Crippen molar-refractivity contribution in [2.75, 3.05) is 7.05 Å². The van der Waals surface area contributed by atoms with E-state index >= 15 is 0 Å². The molecule has 2 unspecified atom stereocenters. The van der Waals surface area contributed by atoms with Crippen molar-refractivity contribution in [2.45, 2.75) is 53.6 Å². The fraction of sp³-hybridized carbons (Fsp3) is 0.733. The Kier molecular flexibility index (Phi) is 8.88. The van der Waals surface area contributed by atoms with Crippen LogP contribution in [-0.4, -0.2) is 41.0 Å². The molecule has 6 heteroatoms. The van der Waals surface area contributed by atoms with Gasteiger partial charge >= 0.3 is 5.97 Å². The van der Waals surface area contributed by atoms with Crippen LogP contribution in [-0.2, 0) is 9.59 Å². The van der Waals surface area contributed by atoms with Gasteiger partial charge in [-0.3, -0.25) is 4.79 Å². The normalized spacial score (nSPS) is 15.2. The summed E-state index contributed by atoms with van der Waals surface area (Å²) < 4.78 is 0. The van der Waals surface area contributed by atoms with Crippen LogP contribution in [0.4, 0.5) is 0 Å². The Labute approximate surface area is 134 Å². The Bertz CT molecular complexity index is 400. The number of likely N-dealkylation sites (N-methyl/N-ethyl adjacent to an activating group) is 1. The Morgan fingerprint density at radius 2 is 1.67 bits per heavy atom. The first-order valence-corrected chi connectivity index (χ1v) is 6.83. The number of carboxylic acid groups (broad SMARTS) is 1. The van der Waals surface area contributed by atoms with E-state index in [-0.39, 0.29) is 41.3 Å². The maximum Gasteiger partial charge on any atom is 0.331 e. The lowest BCUT2D eigenvalue weighted by Crippen LogP contribution is -2.52. The number of rotatable bonds is 5. The van der Waals surface area contributed by atoms with Crippen LogP contribution in [0.5, 0.6) is 0 Å². The molecule has 5 nitrogen and oxygen atoms in total. The first kappa shape index (κ1) is 22.2. The van der Waals surface area contributed by atoms with Gasteiger partial charge in [0.2, 0.25) is 5.91 Å². The summed E-state index contributed by atoms with van der Waals surface area (Å²) in [7, 11) is 1.67. The van der Waals surface area contributed by atoms with E-state index in [1.54, 1.807) is 18.0 Å². The Morgan fingerprint density at radius 1 is 1.24 bits per heavy atom. The molecule has 0 aliphatic carbocycles. The van der Waals surface area contributed by atoms with Crippen molar-refractivity contribution < 1.29 is 14.7 Å². The number of carboxylic acids is 1. The highest BCUT2D eigenvalue weighted by Gasteiger charge is 2.32. The standard InChI is InChI=1S/C15H28N2O3.ClH/c1-9(2)11(8-10(3)14(19)20)17(7)13(18)12(16)15(4,5)6;/h8-9,11-12H,16H2,1-7H3,(H,19,20);1H/b10-8+;. The van der Waals surface area contributed by atoms with Crippen LogP contribution in [0.25, 0.3) is 0 Å². The maximum absolute atomic E-state index is 12.4. The maximum atomic E-state index is 12.4. The summed E-state index contributed by atoms with van der Waals surface area (Å²) in [5.74, 6) is -1.05. The molecule has 0 aromatic carbocycles. The van der Waals surface area contributed by atoms with Crippen molar-refractivity contribution >= 4 is 24.3 Å². The number of hydrogen-bond donors (Lipinski definition) is 2. The molecule has 0 spiro atoms. The Hall–Kier alpha value is -1.07. The fourth-order valence-corrected chi connectivity index (χ4v) is 1.82. The molecule has 0 aliphatic rings. The van der Waals surface area contributed by atoms with Crippen LogP contribution in [0.1, 0.15) is 41.5 Å². The largest absolute Gasteiger partial charge is 0.478 e. The van der Waals surface area contributed by atoms with E-state index in [9.17, 15) is 9.59 Å². The molecule has 0 aromatic heterocycles. The van der Waals surface area contributed by atoms with E-state index < -0.39 is 12.0 Å². The van der Waals surface area contributed by atoms with Gasteiger partial charge in [-0.25, -0.2) is 4.79 Å². The molecule has 0 aromatic rings. The van der Waals surface area contributed by atoms with Crippen LogP contribution >= 0.6 is 12.4 Å². The van der Waals surface area contributed by atoms with Gasteiger partial charge in [0.15, 0.2) is 0 Å². The molecule has 124 valence electrons. The van der Waals surface area contributed by atoms with Gasteiger partial charge in [-0.2, -0.15) is 0 Å². The average Bonchev–Trinajstić information content (AvgIpc) is 2.31. The van der Waals surface area contributed by atoms with Gasteiger partial charge in [0.25, 0.3) is 0 Å². The SMILES string of the molecule is C/C(=C\C(C(C)C)N(C)C(=O)C(N)C(C)(C)C)C(=O)O.Cl. The van der Waals surface area contributed by atoms with Gasteiger partial charge in [0.1, 0.15) is 0 Å². The quantitative estimate of drug-likeness (QED) is 0.761. The molecule has 0 fully saturated rings. The van der Waals surface area contributed by atoms with E-state index in [1.165, 1.54) is 6.92 Å². The highest BCUT2D eigenvalue weighted by atomic mass is 35.5. The fourth-order valence-electron chi connectivity index (χ4n) is 1.82. The summed E-state index contributed by atoms with van der Waals surface area (Å²) in [6.45, 7) is 11.1. The molecule has 2 atom stereocenters. The lowest BCUT2D eigenvalue weighted by atomic mass is 9.86. The van der Waals surface area contributed by atoms with Crippen molar-refractivity contribution in [3.8, 4) is 0 Å². The first-order valence-electron chi connectivity index (χ1n) is 6.83. The van der Waals surface area contributed by atoms with E-state index in [0.717, 1.165) is 0 Å². The molecule has 1 amide bonds. The number of carbonyl (C=O) groups excluding carboxylic acids is 1. The van der Waals surface area contributed by atoms with Crippen molar-refractivity contribution in [1.29, 1.82) is 0 Å². The molecule has 3 N–H and O–H groups in total. The lowest BCUT2D eigenvalue weighted by Gasteiger charge is -2.35. The van der Waals surface area contributed by atoms with Crippen molar-refractivity contribution in [2.24, 2.45) is 17.1 Å². The highest BCUT2D eigenvalue weighted by molar-refractivity contribution is 5.86. The van der Waals surface area contributed by atoms with E-state index in [2.05, 4.69) is 0 Å². The minimum absolute atomic E-state index is 0. The third-order valence-corrected chi connectivity index (χ3v) is 3.44. The minimum Gasteiger partial charge on any atom is -0.478 e. The molecule has 0 heterocycles. The predicted octanol–water partition coefficient (Wildman–Crippen LogP) is 2.30. The monoisotopic (exact) mass is 320 g/mol. The molecule has 0 radical (unpaired) electrons. The highest BCUT2D eigenvalue weighted by Crippen LogP contribution is 2.21. The number of nitrogens with two attached hydrogens (primary N) is 1. The number of amides is 1. The zero-order chi connectivity index (χ0) is 16.2. The number of aliphatic carboxylic acids is 1. The summed E-state index contributed by atoms with van der Waals surface area (Å²) in [5, 5.41) is 8.98. The molecule has 0 saturated carbocycles. The molecular formula is C15H29ClN2O3. The minimum atomic E-state index is -0.975. The number of nitrogens with zero attached hydrogens (tertiary/aromatic N) is 1. The molecule has 0 rings (SSSR count). The predicted molar refractivity (Wildman–Crippen MR) is 87.5 cm³/mol. The summed E-state index contributed by atoms with van der Waals surface area (Å²) >= 11 is 0. The molecule has 0 saturated heterocycles. The third-order valence-electron chi connectivity index (χ3n) is 3.44. The summed E-state index contributed by atoms with van der Waals surface area (Å²) in [4.78, 5) is 24.9. The zero-order valence-electron chi connectivity index (χ0n) is 14.0. The van der Waals surface area contributed by atoms with Crippen LogP contribution in [0, 0.1) is 11.3 Å². The second-order valence-corrected chi connectivity index (χ2v) is 6.68. The Morgan fingerprint density at radius 3 is 1.95 bits per heavy atom. The summed E-state index contributed by atoms with van der Waals surface area (Å²) in [5.41, 5.74) is 5.89. The molecule has 0 bridgehead atoms. The number of carbonyl (C=O) groups is 2. The average molecular weight is 321 g/mol. The van der Waals surface area contributed by atoms with Crippen LogP contribution in [0.2, 0.25) is 0 Å². The van der Waals surface area contributed by atoms with Crippen molar-refractivity contribution in [1.82, 2.24) is 4.90 Å². The van der Waals surface area contributed by atoms with Crippen LogP contribution in [0.3, 0.4) is 0 Å².